The molecule has 0 saturated carbocycles. The largest absolute Gasteiger partial charge is 0.493 e. The molecule has 27 heavy (non-hydrogen) atoms. The normalized spacial score (nSPS) is 10.1. The molecule has 0 unspecified atom stereocenters. The molecule has 0 radical (unpaired) electrons. The van der Waals surface area contributed by atoms with Crippen LogP contribution in [-0.4, -0.2) is 39.7 Å². The van der Waals surface area contributed by atoms with E-state index in [0.717, 1.165) is 5.56 Å². The minimum Gasteiger partial charge on any atom is -0.493 e. The minimum absolute atomic E-state index is 0.207. The van der Waals surface area contributed by atoms with Crippen LogP contribution in [0, 0.1) is 6.92 Å². The highest BCUT2D eigenvalue weighted by Crippen LogP contribution is 2.38. The molecule has 0 fully saturated rings. The van der Waals surface area contributed by atoms with Crippen molar-refractivity contribution in [2.75, 3.05) is 33.2 Å². The Bertz CT molecular complexity index is 829. The van der Waals surface area contributed by atoms with Gasteiger partial charge in [-0.25, -0.2) is 0 Å². The smallest absolute Gasteiger partial charge is 0.251 e. The van der Waals surface area contributed by atoms with Gasteiger partial charge in [-0.3, -0.25) is 9.59 Å². The number of benzene rings is 2. The molecule has 2 N–H and O–H groups in total. The average Bonchev–Trinajstić information content (AvgIpc) is 2.67. The maximum absolute atomic E-state index is 12.4. The van der Waals surface area contributed by atoms with Crippen LogP contribution in [0.25, 0.3) is 0 Å². The van der Waals surface area contributed by atoms with Crippen molar-refractivity contribution in [3.63, 3.8) is 0 Å². The summed E-state index contributed by atoms with van der Waals surface area (Å²) in [6.45, 7) is 1.64. The van der Waals surface area contributed by atoms with Gasteiger partial charge < -0.3 is 24.8 Å². The van der Waals surface area contributed by atoms with Crippen molar-refractivity contribution in [2.45, 2.75) is 6.92 Å². The van der Waals surface area contributed by atoms with Gasteiger partial charge >= 0.3 is 0 Å². The van der Waals surface area contributed by atoms with Gasteiger partial charge in [0, 0.05) is 16.3 Å². The predicted octanol–water partition coefficient (Wildman–Crippen LogP) is 3.04. The molecule has 2 aromatic rings. The van der Waals surface area contributed by atoms with Crippen LogP contribution >= 0.6 is 11.6 Å². The molecule has 0 aliphatic rings. The second-order valence-corrected chi connectivity index (χ2v) is 6.04. The van der Waals surface area contributed by atoms with Gasteiger partial charge in [-0.1, -0.05) is 17.7 Å². The fraction of sp³-hybridized carbons (Fsp3) is 0.263. The SMILES string of the molecule is COc1cc(C(=O)NCC(=O)Nc2cc(Cl)ccc2C)cc(OC)c1OC. The monoisotopic (exact) mass is 392 g/mol. The maximum Gasteiger partial charge on any atom is 0.251 e. The lowest BCUT2D eigenvalue weighted by Gasteiger charge is -2.14. The molecule has 0 saturated heterocycles. The fourth-order valence-electron chi connectivity index (χ4n) is 2.40. The zero-order valence-corrected chi connectivity index (χ0v) is 16.3. The van der Waals surface area contributed by atoms with Crippen molar-refractivity contribution in [2.24, 2.45) is 0 Å². The summed E-state index contributed by atoms with van der Waals surface area (Å²) in [6, 6.07) is 8.20. The van der Waals surface area contributed by atoms with Crippen LogP contribution < -0.4 is 24.8 Å². The van der Waals surface area contributed by atoms with Gasteiger partial charge in [0.1, 0.15) is 0 Å². The zero-order valence-electron chi connectivity index (χ0n) is 15.5. The van der Waals surface area contributed by atoms with E-state index in [1.165, 1.54) is 33.5 Å². The second kappa shape index (κ2) is 9.14. The topological polar surface area (TPSA) is 85.9 Å². The van der Waals surface area contributed by atoms with Crippen molar-refractivity contribution in [1.82, 2.24) is 5.32 Å². The van der Waals surface area contributed by atoms with E-state index < -0.39 is 5.91 Å². The molecule has 144 valence electrons. The summed E-state index contributed by atoms with van der Waals surface area (Å²) in [7, 11) is 4.39. The molecule has 0 aliphatic heterocycles. The standard InChI is InChI=1S/C19H21ClN2O5/c1-11-5-6-13(20)9-14(11)22-17(23)10-21-19(24)12-7-15(25-2)18(27-4)16(8-12)26-3/h5-9H,10H2,1-4H3,(H,21,24)(H,22,23). The number of aryl methyl sites for hydroxylation is 1. The summed E-state index contributed by atoms with van der Waals surface area (Å²) >= 11 is 5.93. The number of methoxy groups -OCH3 is 3. The van der Waals surface area contributed by atoms with Crippen molar-refractivity contribution in [3.8, 4) is 17.2 Å². The van der Waals surface area contributed by atoms with Crippen LogP contribution in [-0.2, 0) is 4.79 Å². The Balaban J connectivity index is 2.07. The maximum atomic E-state index is 12.4. The Morgan fingerprint density at radius 1 is 1.00 bits per heavy atom. The van der Waals surface area contributed by atoms with Gasteiger partial charge in [0.15, 0.2) is 11.5 Å². The third-order valence-electron chi connectivity index (χ3n) is 3.81. The predicted molar refractivity (Wildman–Crippen MR) is 103 cm³/mol. The molecule has 0 heterocycles. The Hall–Kier alpha value is -2.93. The molecule has 2 aromatic carbocycles. The number of amides is 2. The number of hydrogen-bond donors (Lipinski definition) is 2. The van der Waals surface area contributed by atoms with E-state index in [1.54, 1.807) is 18.2 Å². The van der Waals surface area contributed by atoms with Gasteiger partial charge in [0.25, 0.3) is 5.91 Å². The average molecular weight is 393 g/mol. The summed E-state index contributed by atoms with van der Waals surface area (Å²) in [5.74, 6) is 0.251. The first-order valence-corrected chi connectivity index (χ1v) is 8.41. The zero-order chi connectivity index (χ0) is 20.0. The van der Waals surface area contributed by atoms with E-state index in [1.807, 2.05) is 6.92 Å². The number of carbonyl (C=O) groups is 2. The number of anilines is 1. The van der Waals surface area contributed by atoms with Crippen LogP contribution in [0.2, 0.25) is 5.02 Å². The Labute approximate surface area is 162 Å². The number of nitrogens with one attached hydrogen (secondary N) is 2. The summed E-state index contributed by atoms with van der Waals surface area (Å²) in [5.41, 5.74) is 1.73. The van der Waals surface area contributed by atoms with Crippen LogP contribution in [0.5, 0.6) is 17.2 Å². The number of hydrogen-bond acceptors (Lipinski definition) is 5. The lowest BCUT2D eigenvalue weighted by atomic mass is 10.1. The Morgan fingerprint density at radius 3 is 2.19 bits per heavy atom. The van der Waals surface area contributed by atoms with Gasteiger partial charge in [-0.2, -0.15) is 0 Å². The van der Waals surface area contributed by atoms with Crippen LogP contribution in [0.3, 0.4) is 0 Å². The third kappa shape index (κ3) is 5.04. The lowest BCUT2D eigenvalue weighted by molar-refractivity contribution is -0.115. The number of carbonyl (C=O) groups excluding carboxylic acids is 2. The molecule has 8 heteroatoms. The van der Waals surface area contributed by atoms with E-state index >= 15 is 0 Å². The van der Waals surface area contributed by atoms with Gasteiger partial charge in [0.05, 0.1) is 27.9 Å². The molecule has 0 spiro atoms. The molecule has 2 amide bonds. The first-order chi connectivity index (χ1) is 12.9. The van der Waals surface area contributed by atoms with Gasteiger partial charge in [-0.15, -0.1) is 0 Å². The summed E-state index contributed by atoms with van der Waals surface area (Å²) < 4.78 is 15.7. The molecule has 0 aromatic heterocycles. The Kier molecular flexibility index (Phi) is 6.90. The van der Waals surface area contributed by atoms with E-state index in [0.29, 0.717) is 28.0 Å². The molecular formula is C19H21ClN2O5. The van der Waals surface area contributed by atoms with Crippen molar-refractivity contribution >= 4 is 29.1 Å². The van der Waals surface area contributed by atoms with Crippen molar-refractivity contribution in [1.29, 1.82) is 0 Å². The summed E-state index contributed by atoms with van der Waals surface area (Å²) in [5, 5.41) is 5.78. The van der Waals surface area contributed by atoms with E-state index in [2.05, 4.69) is 10.6 Å². The number of halogens is 1. The third-order valence-corrected chi connectivity index (χ3v) is 4.05. The van der Waals surface area contributed by atoms with Crippen LogP contribution in [0.1, 0.15) is 15.9 Å². The molecule has 0 atom stereocenters. The highest BCUT2D eigenvalue weighted by atomic mass is 35.5. The highest BCUT2D eigenvalue weighted by molar-refractivity contribution is 6.31. The van der Waals surface area contributed by atoms with E-state index in [4.69, 9.17) is 25.8 Å². The molecule has 7 nitrogen and oxygen atoms in total. The first kappa shape index (κ1) is 20.4. The van der Waals surface area contributed by atoms with Crippen molar-refractivity contribution < 1.29 is 23.8 Å². The van der Waals surface area contributed by atoms with E-state index in [9.17, 15) is 9.59 Å². The molecule has 0 bridgehead atoms. The molecule has 0 aliphatic carbocycles. The quantitative estimate of drug-likeness (QED) is 0.756. The minimum atomic E-state index is -0.452. The van der Waals surface area contributed by atoms with Crippen LogP contribution in [0.4, 0.5) is 5.69 Å². The van der Waals surface area contributed by atoms with Gasteiger partial charge in [-0.05, 0) is 36.8 Å². The van der Waals surface area contributed by atoms with Crippen molar-refractivity contribution in [3.05, 3.63) is 46.5 Å². The van der Waals surface area contributed by atoms with Crippen LogP contribution in [0.15, 0.2) is 30.3 Å². The first-order valence-electron chi connectivity index (χ1n) is 8.03. The Morgan fingerprint density at radius 2 is 1.63 bits per heavy atom. The molecule has 2 rings (SSSR count). The summed E-state index contributed by atoms with van der Waals surface area (Å²) in [4.78, 5) is 24.5. The highest BCUT2D eigenvalue weighted by Gasteiger charge is 2.17. The number of rotatable bonds is 7. The lowest BCUT2D eigenvalue weighted by Crippen LogP contribution is -2.33. The van der Waals surface area contributed by atoms with E-state index in [-0.39, 0.29) is 18.0 Å². The fourth-order valence-corrected chi connectivity index (χ4v) is 2.57. The van der Waals surface area contributed by atoms with Gasteiger partial charge in [0.2, 0.25) is 11.7 Å². The number of ether oxygens (including phenoxy) is 3. The molecular weight excluding hydrogens is 372 g/mol. The summed E-state index contributed by atoms with van der Waals surface area (Å²) in [6.07, 6.45) is 0. The second-order valence-electron chi connectivity index (χ2n) is 5.60.